The molecule has 1 unspecified atom stereocenters. The van der Waals surface area contributed by atoms with Gasteiger partial charge < -0.3 is 0 Å². The summed E-state index contributed by atoms with van der Waals surface area (Å²) < 4.78 is 0. The summed E-state index contributed by atoms with van der Waals surface area (Å²) in [6, 6.07) is 4.16. The molecule has 1 aliphatic rings. The minimum absolute atomic E-state index is 0.0545. The molecule has 4 nitrogen and oxygen atoms in total. The Balaban J connectivity index is 2.01. The molecule has 1 atom stereocenters. The molecule has 2 heterocycles. The zero-order valence-corrected chi connectivity index (χ0v) is 7.93. The smallest absolute Gasteiger partial charge is 0.142 e. The summed E-state index contributed by atoms with van der Waals surface area (Å²) >= 11 is 0. The van der Waals surface area contributed by atoms with Crippen molar-refractivity contribution < 1.29 is 0 Å². The van der Waals surface area contributed by atoms with Gasteiger partial charge in [0.25, 0.3) is 0 Å². The van der Waals surface area contributed by atoms with Crippen LogP contribution in [0, 0.1) is 11.3 Å². The molecule has 1 saturated heterocycles. The lowest BCUT2D eigenvalue weighted by molar-refractivity contribution is 0.279. The Morgan fingerprint density at radius 2 is 2.29 bits per heavy atom. The van der Waals surface area contributed by atoms with E-state index in [0.29, 0.717) is 6.54 Å². The molecule has 14 heavy (non-hydrogen) atoms. The highest BCUT2D eigenvalue weighted by atomic mass is 15.2. The van der Waals surface area contributed by atoms with Crippen molar-refractivity contribution in [2.45, 2.75) is 25.4 Å². The van der Waals surface area contributed by atoms with Crippen LogP contribution in [-0.2, 0) is 6.54 Å². The third-order valence-corrected chi connectivity index (χ3v) is 2.48. The van der Waals surface area contributed by atoms with Crippen molar-refractivity contribution >= 4 is 0 Å². The van der Waals surface area contributed by atoms with E-state index in [1.54, 1.807) is 18.5 Å². The van der Waals surface area contributed by atoms with Gasteiger partial charge in [-0.3, -0.25) is 4.90 Å². The van der Waals surface area contributed by atoms with E-state index in [-0.39, 0.29) is 6.04 Å². The molecule has 1 aromatic rings. The van der Waals surface area contributed by atoms with Gasteiger partial charge in [-0.15, -0.1) is 0 Å². The van der Waals surface area contributed by atoms with Gasteiger partial charge >= 0.3 is 0 Å². The van der Waals surface area contributed by atoms with Crippen LogP contribution in [0.25, 0.3) is 0 Å². The summed E-state index contributed by atoms with van der Waals surface area (Å²) in [7, 11) is 0. The minimum Gasteiger partial charge on any atom is -0.281 e. The molecule has 4 heteroatoms. The first-order valence-corrected chi connectivity index (χ1v) is 4.80. The Kier molecular flexibility index (Phi) is 2.70. The standard InChI is InChI=1S/C10H12N4/c11-7-9-3-1-6-14(9)8-10-12-4-2-5-13-10/h2,4-5,9H,1,3,6,8H2. The summed E-state index contributed by atoms with van der Waals surface area (Å²) in [6.45, 7) is 1.68. The average Bonchev–Trinajstić information content (AvgIpc) is 2.67. The predicted molar refractivity (Wildman–Crippen MR) is 51.1 cm³/mol. The van der Waals surface area contributed by atoms with Crippen molar-refractivity contribution in [1.29, 1.82) is 5.26 Å². The van der Waals surface area contributed by atoms with Crippen LogP contribution in [0.4, 0.5) is 0 Å². The topological polar surface area (TPSA) is 52.8 Å². The summed E-state index contributed by atoms with van der Waals surface area (Å²) in [5.41, 5.74) is 0. The first kappa shape index (κ1) is 9.10. The van der Waals surface area contributed by atoms with E-state index in [1.165, 1.54) is 0 Å². The number of nitriles is 1. The molecule has 0 aliphatic carbocycles. The maximum Gasteiger partial charge on any atom is 0.142 e. The lowest BCUT2D eigenvalue weighted by Gasteiger charge is -2.17. The van der Waals surface area contributed by atoms with Crippen molar-refractivity contribution in [1.82, 2.24) is 14.9 Å². The number of rotatable bonds is 2. The van der Waals surface area contributed by atoms with Crippen LogP contribution in [0.5, 0.6) is 0 Å². The zero-order chi connectivity index (χ0) is 9.80. The Morgan fingerprint density at radius 3 is 3.00 bits per heavy atom. The molecule has 0 aromatic carbocycles. The largest absolute Gasteiger partial charge is 0.281 e. The third-order valence-electron chi connectivity index (χ3n) is 2.48. The van der Waals surface area contributed by atoms with Crippen LogP contribution in [0.2, 0.25) is 0 Å². The first-order valence-electron chi connectivity index (χ1n) is 4.80. The van der Waals surface area contributed by atoms with E-state index >= 15 is 0 Å². The normalized spacial score (nSPS) is 22.1. The lowest BCUT2D eigenvalue weighted by Crippen LogP contribution is -2.28. The molecule has 0 bridgehead atoms. The monoisotopic (exact) mass is 188 g/mol. The SMILES string of the molecule is N#CC1CCCN1Cc1ncccn1. The van der Waals surface area contributed by atoms with Gasteiger partial charge in [0.2, 0.25) is 0 Å². The second-order valence-electron chi connectivity index (χ2n) is 3.42. The molecule has 1 fully saturated rings. The summed E-state index contributed by atoms with van der Waals surface area (Å²) in [5, 5.41) is 8.88. The fourth-order valence-corrected chi connectivity index (χ4v) is 1.75. The number of aromatic nitrogens is 2. The predicted octanol–water partition coefficient (Wildman–Crippen LogP) is 0.965. The fraction of sp³-hybridized carbons (Fsp3) is 0.500. The highest BCUT2D eigenvalue weighted by molar-refractivity contribution is 4.98. The Labute approximate surface area is 83.2 Å². The van der Waals surface area contributed by atoms with E-state index in [2.05, 4.69) is 20.9 Å². The first-order chi connectivity index (χ1) is 6.90. The van der Waals surface area contributed by atoms with E-state index in [0.717, 1.165) is 25.2 Å². The molecule has 1 aliphatic heterocycles. The van der Waals surface area contributed by atoms with Gasteiger partial charge in [0.1, 0.15) is 5.82 Å². The van der Waals surface area contributed by atoms with Gasteiger partial charge in [0.05, 0.1) is 18.7 Å². The van der Waals surface area contributed by atoms with E-state index < -0.39 is 0 Å². The highest BCUT2D eigenvalue weighted by Gasteiger charge is 2.24. The van der Waals surface area contributed by atoms with E-state index in [1.807, 2.05) is 0 Å². The molecule has 0 spiro atoms. The molecule has 2 rings (SSSR count). The lowest BCUT2D eigenvalue weighted by atomic mass is 10.2. The quantitative estimate of drug-likeness (QED) is 0.693. The molecule has 0 N–H and O–H groups in total. The van der Waals surface area contributed by atoms with Crippen LogP contribution >= 0.6 is 0 Å². The Morgan fingerprint density at radius 1 is 1.50 bits per heavy atom. The molecule has 1 aromatic heterocycles. The summed E-state index contributed by atoms with van der Waals surface area (Å²) in [6.07, 6.45) is 5.55. The maximum atomic E-state index is 8.88. The molecule has 0 radical (unpaired) electrons. The van der Waals surface area contributed by atoms with Gasteiger partial charge in [0, 0.05) is 12.4 Å². The molecule has 72 valence electrons. The number of likely N-dealkylation sites (tertiary alicyclic amines) is 1. The number of hydrogen-bond donors (Lipinski definition) is 0. The van der Waals surface area contributed by atoms with E-state index in [4.69, 9.17) is 5.26 Å². The molecule has 0 amide bonds. The second-order valence-corrected chi connectivity index (χ2v) is 3.42. The van der Waals surface area contributed by atoms with Crippen molar-refractivity contribution in [3.63, 3.8) is 0 Å². The maximum absolute atomic E-state index is 8.88. The van der Waals surface area contributed by atoms with Gasteiger partial charge in [-0.05, 0) is 25.5 Å². The van der Waals surface area contributed by atoms with Crippen LogP contribution in [0.1, 0.15) is 18.7 Å². The van der Waals surface area contributed by atoms with Crippen LogP contribution < -0.4 is 0 Å². The van der Waals surface area contributed by atoms with Crippen molar-refractivity contribution in [2.75, 3.05) is 6.54 Å². The van der Waals surface area contributed by atoms with Crippen molar-refractivity contribution in [3.05, 3.63) is 24.3 Å². The highest BCUT2D eigenvalue weighted by Crippen LogP contribution is 2.17. The Hall–Kier alpha value is -1.47. The molecular weight excluding hydrogens is 176 g/mol. The van der Waals surface area contributed by atoms with Gasteiger partial charge in [0.15, 0.2) is 0 Å². The van der Waals surface area contributed by atoms with Crippen molar-refractivity contribution in [3.8, 4) is 6.07 Å². The summed E-state index contributed by atoms with van der Waals surface area (Å²) in [4.78, 5) is 10.4. The average molecular weight is 188 g/mol. The van der Waals surface area contributed by atoms with Gasteiger partial charge in [-0.2, -0.15) is 5.26 Å². The number of hydrogen-bond acceptors (Lipinski definition) is 4. The van der Waals surface area contributed by atoms with Crippen LogP contribution in [0.15, 0.2) is 18.5 Å². The Bertz CT molecular complexity index is 330. The minimum atomic E-state index is 0.0545. The second kappa shape index (κ2) is 4.16. The van der Waals surface area contributed by atoms with Gasteiger partial charge in [-0.1, -0.05) is 0 Å². The van der Waals surface area contributed by atoms with Crippen LogP contribution in [0.3, 0.4) is 0 Å². The van der Waals surface area contributed by atoms with Gasteiger partial charge in [-0.25, -0.2) is 9.97 Å². The zero-order valence-electron chi connectivity index (χ0n) is 7.93. The number of nitrogens with zero attached hydrogens (tertiary/aromatic N) is 4. The van der Waals surface area contributed by atoms with Crippen LogP contribution in [-0.4, -0.2) is 27.5 Å². The fourth-order valence-electron chi connectivity index (χ4n) is 1.75. The third kappa shape index (κ3) is 1.88. The summed E-state index contributed by atoms with van der Waals surface area (Å²) in [5.74, 6) is 0.801. The molecular formula is C10H12N4. The molecule has 0 saturated carbocycles. The van der Waals surface area contributed by atoms with Crippen molar-refractivity contribution in [2.24, 2.45) is 0 Å². The van der Waals surface area contributed by atoms with E-state index in [9.17, 15) is 0 Å².